The highest BCUT2D eigenvalue weighted by Gasteiger charge is 2.45. The van der Waals surface area contributed by atoms with Gasteiger partial charge in [0, 0.05) is 5.92 Å². The van der Waals surface area contributed by atoms with Crippen molar-refractivity contribution < 1.29 is 59.8 Å². The van der Waals surface area contributed by atoms with E-state index in [2.05, 4.69) is 6.58 Å². The normalized spacial score (nSPS) is 34.7. The van der Waals surface area contributed by atoms with Crippen molar-refractivity contribution in [1.29, 1.82) is 0 Å². The highest BCUT2D eigenvalue weighted by Crippen LogP contribution is 2.28. The van der Waals surface area contributed by atoms with Gasteiger partial charge in [0.25, 0.3) is 0 Å². The van der Waals surface area contributed by atoms with Crippen LogP contribution in [0.5, 0.6) is 11.5 Å². The van der Waals surface area contributed by atoms with Gasteiger partial charge in [-0.15, -0.1) is 6.58 Å². The lowest BCUT2D eigenvalue weighted by atomic mass is 9.97. The minimum absolute atomic E-state index is 0.165. The first-order valence-electron chi connectivity index (χ1n) is 13.1. The van der Waals surface area contributed by atoms with Gasteiger partial charge >= 0.3 is 0 Å². The molecule has 0 spiro atoms. The smallest absolute Gasteiger partial charge is 0.229 e. The van der Waals surface area contributed by atoms with Gasteiger partial charge in [-0.05, 0) is 35.4 Å². The Labute approximate surface area is 236 Å². The third kappa shape index (κ3) is 7.13. The standard InChI is InChI=1S/C29H36O12/c1-2-16(17-7-11-19(12-8-17)39-29-27(37)25(35)23(33)21(14-31)41-29)6-3-15-4-9-18(10-5-15)38-28-26(36)24(34)22(32)20(13-30)40-28/h2-12,16,20-37H,1,13-14H2/t16-,20+,21+,22+,23+,24-,25-,26+,27+,28+,29+/m0/s1. The minimum atomic E-state index is -1.53. The summed E-state index contributed by atoms with van der Waals surface area (Å²) in [5, 5.41) is 78.7. The minimum Gasteiger partial charge on any atom is -0.462 e. The van der Waals surface area contributed by atoms with Crippen LogP contribution in [0.25, 0.3) is 6.08 Å². The molecule has 0 radical (unpaired) electrons. The van der Waals surface area contributed by atoms with Crippen LogP contribution in [0.1, 0.15) is 17.0 Å². The Kier molecular flexibility index (Phi) is 10.5. The summed E-state index contributed by atoms with van der Waals surface area (Å²) in [5.41, 5.74) is 1.72. The third-order valence-electron chi connectivity index (χ3n) is 7.10. The van der Waals surface area contributed by atoms with Crippen LogP contribution in [0, 0.1) is 0 Å². The second-order valence-electron chi connectivity index (χ2n) is 9.89. The fourth-order valence-corrected chi connectivity index (χ4v) is 4.56. The maximum absolute atomic E-state index is 10.2. The van der Waals surface area contributed by atoms with Crippen LogP contribution in [0.3, 0.4) is 0 Å². The highest BCUT2D eigenvalue weighted by molar-refractivity contribution is 5.53. The van der Waals surface area contributed by atoms with Gasteiger partial charge in [0.15, 0.2) is 0 Å². The van der Waals surface area contributed by atoms with E-state index in [1.165, 1.54) is 0 Å². The molecule has 2 aliphatic heterocycles. The molecule has 11 atom stereocenters. The summed E-state index contributed by atoms with van der Waals surface area (Å²) in [6.45, 7) is 2.80. The largest absolute Gasteiger partial charge is 0.462 e. The first-order chi connectivity index (χ1) is 19.7. The second kappa shape index (κ2) is 13.9. The SMILES string of the molecule is C=C[C@@H](C=Cc1ccc(O[C@@H]2O[C@H](CO)[C@@H](O)[C@H](O)[C@H]2O)cc1)c1ccc(O[C@@H]2O[C@H](CO)[C@@H](O)[C@H](O)[C@H]2O)cc1. The van der Waals surface area contributed by atoms with Crippen LogP contribution >= 0.6 is 0 Å². The average Bonchev–Trinajstić information content (AvgIpc) is 2.99. The highest BCUT2D eigenvalue weighted by atomic mass is 16.7. The third-order valence-corrected chi connectivity index (χ3v) is 7.10. The van der Waals surface area contributed by atoms with Crippen molar-refractivity contribution in [2.24, 2.45) is 0 Å². The molecular formula is C29H36O12. The van der Waals surface area contributed by atoms with Crippen LogP contribution in [0.4, 0.5) is 0 Å². The summed E-state index contributed by atoms with van der Waals surface area (Å²) in [7, 11) is 0. The monoisotopic (exact) mass is 576 g/mol. The zero-order chi connectivity index (χ0) is 29.7. The zero-order valence-corrected chi connectivity index (χ0v) is 22.0. The van der Waals surface area contributed by atoms with Crippen molar-refractivity contribution in [1.82, 2.24) is 0 Å². The molecule has 0 saturated carbocycles. The van der Waals surface area contributed by atoms with Gasteiger partial charge in [0.2, 0.25) is 12.6 Å². The van der Waals surface area contributed by atoms with E-state index in [0.29, 0.717) is 11.5 Å². The number of allylic oxidation sites excluding steroid dienone is 2. The first kappa shape index (κ1) is 31.1. The molecule has 2 aromatic carbocycles. The molecule has 224 valence electrons. The van der Waals surface area contributed by atoms with Gasteiger partial charge in [0.05, 0.1) is 13.2 Å². The Morgan fingerprint density at radius 1 is 0.659 bits per heavy atom. The van der Waals surface area contributed by atoms with Gasteiger partial charge in [-0.25, -0.2) is 0 Å². The topological polar surface area (TPSA) is 199 Å². The molecule has 0 bridgehead atoms. The summed E-state index contributed by atoms with van der Waals surface area (Å²) in [6, 6.07) is 13.8. The maximum atomic E-state index is 10.2. The fraction of sp³-hybridized carbons (Fsp3) is 0.448. The van der Waals surface area contributed by atoms with Gasteiger partial charge in [-0.2, -0.15) is 0 Å². The molecule has 2 heterocycles. The summed E-state index contributed by atoms with van der Waals surface area (Å²) in [4.78, 5) is 0. The van der Waals surface area contributed by atoms with Crippen molar-refractivity contribution in [3.8, 4) is 11.5 Å². The number of hydrogen-bond donors (Lipinski definition) is 8. The van der Waals surface area contributed by atoms with E-state index in [4.69, 9.17) is 18.9 Å². The van der Waals surface area contributed by atoms with E-state index in [-0.39, 0.29) is 5.92 Å². The molecule has 8 N–H and O–H groups in total. The van der Waals surface area contributed by atoms with Crippen molar-refractivity contribution in [3.63, 3.8) is 0 Å². The molecule has 0 unspecified atom stereocenters. The van der Waals surface area contributed by atoms with E-state index in [9.17, 15) is 40.9 Å². The molecular weight excluding hydrogens is 540 g/mol. The Balaban J connectivity index is 1.35. The summed E-state index contributed by atoms with van der Waals surface area (Å²) in [5.74, 6) is 0.531. The summed E-state index contributed by atoms with van der Waals surface area (Å²) in [6.07, 6.45) is -8.15. The fourth-order valence-electron chi connectivity index (χ4n) is 4.56. The van der Waals surface area contributed by atoms with Crippen LogP contribution in [-0.2, 0) is 9.47 Å². The molecule has 4 rings (SSSR count). The molecule has 0 aromatic heterocycles. The molecule has 41 heavy (non-hydrogen) atoms. The molecule has 2 fully saturated rings. The van der Waals surface area contributed by atoms with E-state index in [1.54, 1.807) is 54.6 Å². The van der Waals surface area contributed by atoms with Crippen molar-refractivity contribution >= 4 is 6.08 Å². The summed E-state index contributed by atoms with van der Waals surface area (Å²) >= 11 is 0. The van der Waals surface area contributed by atoms with Gasteiger partial charge < -0.3 is 59.8 Å². The lowest BCUT2D eigenvalue weighted by Crippen LogP contribution is -2.60. The quantitative estimate of drug-likeness (QED) is 0.161. The van der Waals surface area contributed by atoms with E-state index in [1.807, 2.05) is 12.2 Å². The van der Waals surface area contributed by atoms with E-state index >= 15 is 0 Å². The van der Waals surface area contributed by atoms with Crippen molar-refractivity contribution in [2.45, 2.75) is 67.3 Å². The van der Waals surface area contributed by atoms with Crippen LogP contribution < -0.4 is 9.47 Å². The maximum Gasteiger partial charge on any atom is 0.229 e. The molecule has 0 aliphatic carbocycles. The first-order valence-corrected chi connectivity index (χ1v) is 13.1. The van der Waals surface area contributed by atoms with E-state index in [0.717, 1.165) is 11.1 Å². The predicted octanol–water partition coefficient (Wildman–Crippen LogP) is -0.973. The van der Waals surface area contributed by atoms with Gasteiger partial charge in [-0.3, -0.25) is 0 Å². The van der Waals surface area contributed by atoms with Crippen molar-refractivity contribution in [3.05, 3.63) is 78.4 Å². The Bertz CT molecular complexity index is 1140. The van der Waals surface area contributed by atoms with Crippen LogP contribution in [-0.4, -0.2) is 115 Å². The molecule has 0 amide bonds. The molecule has 12 nitrogen and oxygen atoms in total. The van der Waals surface area contributed by atoms with Crippen LogP contribution in [0.2, 0.25) is 0 Å². The molecule has 2 aliphatic rings. The number of aliphatic hydroxyl groups excluding tert-OH is 8. The lowest BCUT2D eigenvalue weighted by Gasteiger charge is -2.39. The summed E-state index contributed by atoms with van der Waals surface area (Å²) < 4.78 is 22.0. The van der Waals surface area contributed by atoms with Crippen molar-refractivity contribution in [2.75, 3.05) is 13.2 Å². The number of ether oxygens (including phenoxy) is 4. The number of benzene rings is 2. The molecule has 12 heteroatoms. The van der Waals surface area contributed by atoms with E-state index < -0.39 is 74.6 Å². The molecule has 2 aromatic rings. The van der Waals surface area contributed by atoms with Gasteiger partial charge in [-0.1, -0.05) is 42.5 Å². The predicted molar refractivity (Wildman–Crippen MR) is 144 cm³/mol. The lowest BCUT2D eigenvalue weighted by molar-refractivity contribution is -0.277. The Morgan fingerprint density at radius 3 is 1.51 bits per heavy atom. The number of rotatable bonds is 10. The zero-order valence-electron chi connectivity index (χ0n) is 22.0. The Hall–Kier alpha value is -2.88. The second-order valence-corrected chi connectivity index (χ2v) is 9.89. The average molecular weight is 577 g/mol. The number of hydrogen-bond acceptors (Lipinski definition) is 12. The Morgan fingerprint density at radius 2 is 1.10 bits per heavy atom. The molecule has 2 saturated heterocycles. The van der Waals surface area contributed by atoms with Gasteiger partial charge in [0.1, 0.15) is 60.3 Å². The number of aliphatic hydroxyl groups is 8. The van der Waals surface area contributed by atoms with Crippen LogP contribution in [0.15, 0.2) is 67.3 Å².